The predicted molar refractivity (Wildman–Crippen MR) is 135 cm³/mol. The van der Waals surface area contributed by atoms with Gasteiger partial charge in [0.25, 0.3) is 5.91 Å². The van der Waals surface area contributed by atoms with Crippen LogP contribution in [0.25, 0.3) is 21.2 Å². The Morgan fingerprint density at radius 2 is 2.11 bits per heavy atom. The molecule has 35 heavy (non-hydrogen) atoms. The number of halogens is 2. The van der Waals surface area contributed by atoms with Crippen LogP contribution >= 0.6 is 22.9 Å². The number of anilines is 2. The lowest BCUT2D eigenvalue weighted by atomic mass is 10.1. The number of nitriles is 1. The molecule has 2 aromatic carbocycles. The summed E-state index contributed by atoms with van der Waals surface area (Å²) in [5.74, 6) is -1.05. The van der Waals surface area contributed by atoms with Gasteiger partial charge in [0.15, 0.2) is 11.6 Å². The molecule has 10 heteroatoms. The van der Waals surface area contributed by atoms with Crippen molar-refractivity contribution in [1.29, 1.82) is 5.26 Å². The van der Waals surface area contributed by atoms with Gasteiger partial charge in [-0.3, -0.25) is 14.6 Å². The van der Waals surface area contributed by atoms with E-state index in [2.05, 4.69) is 16.4 Å². The third-order valence-electron chi connectivity index (χ3n) is 5.28. The Bertz CT molecular complexity index is 1460. The number of carbonyl (C=O) groups excluding carboxylic acids is 2. The van der Waals surface area contributed by atoms with E-state index in [1.165, 1.54) is 18.1 Å². The van der Waals surface area contributed by atoms with Gasteiger partial charge in [-0.05, 0) is 18.2 Å². The average molecular weight is 509 g/mol. The first-order chi connectivity index (χ1) is 17.0. The Labute approximate surface area is 209 Å². The Balaban J connectivity index is 1.84. The zero-order valence-corrected chi connectivity index (χ0v) is 20.0. The van der Waals surface area contributed by atoms with Gasteiger partial charge < -0.3 is 15.0 Å². The van der Waals surface area contributed by atoms with E-state index in [0.29, 0.717) is 22.5 Å². The van der Waals surface area contributed by atoms with Crippen LogP contribution in [0, 0.1) is 17.1 Å². The second-order valence-electron chi connectivity index (χ2n) is 7.33. The highest BCUT2D eigenvalue weighted by Gasteiger charge is 2.26. The van der Waals surface area contributed by atoms with E-state index in [1.54, 1.807) is 18.5 Å². The van der Waals surface area contributed by atoms with E-state index in [0.717, 1.165) is 28.2 Å². The summed E-state index contributed by atoms with van der Waals surface area (Å²) in [4.78, 5) is 31.6. The molecule has 0 fully saturated rings. The van der Waals surface area contributed by atoms with Crippen molar-refractivity contribution in [3.8, 4) is 22.3 Å². The van der Waals surface area contributed by atoms with Gasteiger partial charge in [0.1, 0.15) is 4.88 Å². The lowest BCUT2D eigenvalue weighted by Crippen LogP contribution is -2.32. The number of methoxy groups -OCH3 is 1. The third kappa shape index (κ3) is 4.80. The van der Waals surface area contributed by atoms with Gasteiger partial charge in [-0.1, -0.05) is 35.9 Å². The highest BCUT2D eigenvalue weighted by atomic mass is 35.5. The lowest BCUT2D eigenvalue weighted by Gasteiger charge is -2.23. The third-order valence-corrected chi connectivity index (χ3v) is 6.75. The quantitative estimate of drug-likeness (QED) is 0.299. The summed E-state index contributed by atoms with van der Waals surface area (Å²) in [6, 6.07) is 13.7. The number of pyridine rings is 1. The molecule has 0 aliphatic heterocycles. The zero-order chi connectivity index (χ0) is 24.9. The maximum atomic E-state index is 14.1. The van der Waals surface area contributed by atoms with Crippen LogP contribution in [-0.4, -0.2) is 31.0 Å². The van der Waals surface area contributed by atoms with Crippen molar-refractivity contribution in [3.63, 3.8) is 0 Å². The van der Waals surface area contributed by atoms with E-state index in [4.69, 9.17) is 16.3 Å². The summed E-state index contributed by atoms with van der Waals surface area (Å²) in [6.07, 6.45) is 3.82. The number of carbonyl (C=O) groups is 2. The van der Waals surface area contributed by atoms with Crippen LogP contribution in [0.5, 0.6) is 5.75 Å². The van der Waals surface area contributed by atoms with Crippen molar-refractivity contribution in [2.75, 3.05) is 23.9 Å². The van der Waals surface area contributed by atoms with Crippen LogP contribution in [0.15, 0.2) is 54.9 Å². The Morgan fingerprint density at radius 3 is 2.86 bits per heavy atom. The van der Waals surface area contributed by atoms with Crippen LogP contribution in [0.4, 0.5) is 15.8 Å². The molecule has 0 spiro atoms. The minimum absolute atomic E-state index is 0.00644. The van der Waals surface area contributed by atoms with Gasteiger partial charge >= 0.3 is 0 Å². The van der Waals surface area contributed by atoms with Gasteiger partial charge in [-0.2, -0.15) is 5.26 Å². The van der Waals surface area contributed by atoms with Crippen molar-refractivity contribution in [2.45, 2.75) is 6.42 Å². The highest BCUT2D eigenvalue weighted by Crippen LogP contribution is 2.41. The number of aromatic nitrogens is 1. The summed E-state index contributed by atoms with van der Waals surface area (Å²) in [6.45, 7) is 0.115. The molecule has 176 valence electrons. The van der Waals surface area contributed by atoms with Gasteiger partial charge in [-0.15, -0.1) is 11.3 Å². The van der Waals surface area contributed by atoms with Gasteiger partial charge in [0, 0.05) is 34.0 Å². The maximum Gasteiger partial charge on any atom is 0.270 e. The van der Waals surface area contributed by atoms with Crippen LogP contribution in [0.1, 0.15) is 16.1 Å². The van der Waals surface area contributed by atoms with E-state index in [-0.39, 0.29) is 34.3 Å². The summed E-state index contributed by atoms with van der Waals surface area (Å²) in [5, 5.41) is 13.5. The van der Waals surface area contributed by atoms with E-state index >= 15 is 0 Å². The first-order valence-electron chi connectivity index (χ1n) is 10.4. The molecule has 0 saturated carbocycles. The molecule has 2 amide bonds. The summed E-state index contributed by atoms with van der Waals surface area (Å²) < 4.78 is 19.1. The molecule has 0 aliphatic carbocycles. The number of thiophene rings is 1. The monoisotopic (exact) mass is 508 g/mol. The summed E-state index contributed by atoms with van der Waals surface area (Å²) >= 11 is 7.37. The maximum absolute atomic E-state index is 14.1. The smallest absolute Gasteiger partial charge is 0.270 e. The summed E-state index contributed by atoms with van der Waals surface area (Å²) in [7, 11) is 1.34. The molecular formula is C25H18ClFN4O3S. The Kier molecular flexibility index (Phi) is 7.25. The van der Waals surface area contributed by atoms with E-state index < -0.39 is 11.7 Å². The van der Waals surface area contributed by atoms with Crippen LogP contribution in [0.3, 0.4) is 0 Å². The molecule has 0 radical (unpaired) electrons. The number of nitrogens with zero attached hydrogens (tertiary/aromatic N) is 3. The average Bonchev–Trinajstić information content (AvgIpc) is 3.28. The van der Waals surface area contributed by atoms with Crippen molar-refractivity contribution in [2.24, 2.45) is 0 Å². The molecule has 7 nitrogen and oxygen atoms in total. The number of hydrogen-bond donors (Lipinski definition) is 1. The summed E-state index contributed by atoms with van der Waals surface area (Å²) in [5.41, 5.74) is 1.25. The van der Waals surface area contributed by atoms with Gasteiger partial charge in [-0.25, -0.2) is 4.39 Å². The van der Waals surface area contributed by atoms with Crippen LogP contribution in [0.2, 0.25) is 5.02 Å². The second kappa shape index (κ2) is 10.5. The van der Waals surface area contributed by atoms with E-state index in [1.807, 2.05) is 24.3 Å². The topological polar surface area (TPSA) is 95.3 Å². The van der Waals surface area contributed by atoms with Gasteiger partial charge in [0.2, 0.25) is 6.41 Å². The Hall–Kier alpha value is -4.00. The van der Waals surface area contributed by atoms with Crippen molar-refractivity contribution < 1.29 is 18.7 Å². The zero-order valence-electron chi connectivity index (χ0n) is 18.4. The normalized spacial score (nSPS) is 10.6. The SMILES string of the molecule is COc1cc(-c2cc(NC=O)c(C(=O)N(CCC#N)c3cncc4ccccc34)s2)c(Cl)cc1F. The van der Waals surface area contributed by atoms with Crippen molar-refractivity contribution in [1.82, 2.24) is 4.98 Å². The molecule has 2 aromatic heterocycles. The molecule has 1 N–H and O–H groups in total. The number of amides is 2. The number of hydrogen-bond acceptors (Lipinski definition) is 6. The molecular weight excluding hydrogens is 491 g/mol. The molecule has 0 unspecified atom stereocenters. The van der Waals surface area contributed by atoms with Crippen LogP contribution in [-0.2, 0) is 4.79 Å². The fraction of sp³-hybridized carbons (Fsp3) is 0.120. The second-order valence-corrected chi connectivity index (χ2v) is 8.79. The fourth-order valence-electron chi connectivity index (χ4n) is 3.66. The molecule has 2 heterocycles. The molecule has 4 rings (SSSR count). The number of ether oxygens (including phenoxy) is 1. The largest absolute Gasteiger partial charge is 0.494 e. The fourth-order valence-corrected chi connectivity index (χ4v) is 5.07. The number of nitrogens with one attached hydrogen (secondary N) is 1. The minimum Gasteiger partial charge on any atom is -0.494 e. The van der Waals surface area contributed by atoms with Crippen molar-refractivity contribution in [3.05, 3.63) is 70.6 Å². The van der Waals surface area contributed by atoms with Crippen LogP contribution < -0.4 is 15.0 Å². The number of rotatable bonds is 8. The molecule has 4 aromatic rings. The Morgan fingerprint density at radius 1 is 1.31 bits per heavy atom. The van der Waals surface area contributed by atoms with E-state index in [9.17, 15) is 19.2 Å². The lowest BCUT2D eigenvalue weighted by molar-refractivity contribution is -0.105. The first kappa shape index (κ1) is 24.1. The molecule has 0 saturated heterocycles. The minimum atomic E-state index is -0.619. The highest BCUT2D eigenvalue weighted by molar-refractivity contribution is 7.18. The number of fused-ring (bicyclic) bond motifs is 1. The first-order valence-corrected chi connectivity index (χ1v) is 11.6. The molecule has 0 bridgehead atoms. The predicted octanol–water partition coefficient (Wildman–Crippen LogP) is 5.89. The number of benzene rings is 2. The van der Waals surface area contributed by atoms with Crippen molar-refractivity contribution >= 4 is 57.4 Å². The molecule has 0 atom stereocenters. The van der Waals surface area contributed by atoms with Gasteiger partial charge in [0.05, 0.1) is 42.2 Å². The molecule has 0 aliphatic rings. The standard InChI is InChI=1S/C25H18ClFN4O3S/c1-34-22-9-17(18(26)10-19(22)27)23-11-20(30-14-32)24(35-23)25(33)31(8-4-7-28)21-13-29-12-15-5-2-3-6-16(15)21/h2-3,5-6,9-14H,4,8H2,1H3,(H,30,32).